The summed E-state index contributed by atoms with van der Waals surface area (Å²) < 4.78 is 0. The van der Waals surface area contributed by atoms with Crippen LogP contribution in [0.1, 0.15) is 12.0 Å². The lowest BCUT2D eigenvalue weighted by molar-refractivity contribution is -0.384. The molecule has 0 bridgehead atoms. The van der Waals surface area contributed by atoms with Crippen LogP contribution in [0.25, 0.3) is 0 Å². The van der Waals surface area contributed by atoms with Gasteiger partial charge in [0.2, 0.25) is 5.91 Å². The molecule has 1 aliphatic rings. The maximum Gasteiger partial charge on any atom is 0.293 e. The second-order valence-electron chi connectivity index (χ2n) is 6.48. The minimum atomic E-state index is -0.534. The first-order valence-corrected chi connectivity index (χ1v) is 9.08. The van der Waals surface area contributed by atoms with Crippen molar-refractivity contribution in [2.24, 2.45) is 0 Å². The van der Waals surface area contributed by atoms with E-state index < -0.39 is 4.92 Å². The smallest absolute Gasteiger partial charge is 0.293 e. The molecule has 1 saturated heterocycles. The van der Waals surface area contributed by atoms with Crippen LogP contribution < -0.4 is 10.2 Å². The molecule has 1 amide bonds. The predicted octanol–water partition coefficient (Wildman–Crippen LogP) is 2.62. The van der Waals surface area contributed by atoms with Gasteiger partial charge in [0.25, 0.3) is 5.69 Å². The Morgan fingerprint density at radius 1 is 1.14 bits per heavy atom. The number of amides is 1. The van der Waals surface area contributed by atoms with Crippen molar-refractivity contribution < 1.29 is 9.72 Å². The quantitative estimate of drug-likeness (QED) is 0.611. The Hall–Kier alpha value is -3.60. The van der Waals surface area contributed by atoms with Crippen molar-refractivity contribution in [3.8, 4) is 6.07 Å². The minimum absolute atomic E-state index is 0.0245. The van der Waals surface area contributed by atoms with E-state index in [4.69, 9.17) is 5.26 Å². The summed E-state index contributed by atoms with van der Waals surface area (Å²) in [6, 6.07) is 16.2. The first-order valence-electron chi connectivity index (χ1n) is 9.08. The molecule has 1 heterocycles. The standard InChI is InChI=1S/C20H21N5O3/c21-15-16-6-7-18(19(14-16)25(27)28)22-9-8-20(26)24-12-10-23(11-13-24)17-4-2-1-3-5-17/h1-7,14,22H,8-13H2. The van der Waals surface area contributed by atoms with Crippen LogP contribution in [-0.2, 0) is 4.79 Å². The van der Waals surface area contributed by atoms with Crippen molar-refractivity contribution in [1.82, 2.24) is 4.90 Å². The lowest BCUT2D eigenvalue weighted by Gasteiger charge is -2.36. The average molecular weight is 379 g/mol. The number of nitro benzene ring substituents is 1. The molecule has 0 aromatic heterocycles. The van der Waals surface area contributed by atoms with E-state index in [1.165, 1.54) is 18.2 Å². The number of hydrogen-bond acceptors (Lipinski definition) is 6. The van der Waals surface area contributed by atoms with Gasteiger partial charge in [-0.3, -0.25) is 14.9 Å². The van der Waals surface area contributed by atoms with E-state index in [2.05, 4.69) is 22.3 Å². The van der Waals surface area contributed by atoms with E-state index in [1.54, 1.807) is 0 Å². The fourth-order valence-electron chi connectivity index (χ4n) is 3.22. The zero-order valence-electron chi connectivity index (χ0n) is 15.4. The highest BCUT2D eigenvalue weighted by atomic mass is 16.6. The Labute approximate surface area is 163 Å². The lowest BCUT2D eigenvalue weighted by atomic mass is 10.2. The monoisotopic (exact) mass is 379 g/mol. The summed E-state index contributed by atoms with van der Waals surface area (Å²) in [6.45, 7) is 3.18. The number of nitrogens with one attached hydrogen (secondary N) is 1. The van der Waals surface area contributed by atoms with Crippen molar-refractivity contribution >= 4 is 23.0 Å². The normalized spacial score (nSPS) is 13.7. The van der Waals surface area contributed by atoms with Crippen LogP contribution in [0.15, 0.2) is 48.5 Å². The summed E-state index contributed by atoms with van der Waals surface area (Å²) in [6.07, 6.45) is 0.252. The highest BCUT2D eigenvalue weighted by molar-refractivity contribution is 5.77. The maximum absolute atomic E-state index is 12.4. The molecule has 0 spiro atoms. The zero-order valence-corrected chi connectivity index (χ0v) is 15.4. The summed E-state index contributed by atoms with van der Waals surface area (Å²) in [4.78, 5) is 27.1. The average Bonchev–Trinajstić information content (AvgIpc) is 2.74. The minimum Gasteiger partial charge on any atom is -0.379 e. The number of anilines is 2. The van der Waals surface area contributed by atoms with Crippen LogP contribution in [0.5, 0.6) is 0 Å². The topological polar surface area (TPSA) is 103 Å². The number of benzene rings is 2. The first kappa shape index (κ1) is 19.2. The summed E-state index contributed by atoms with van der Waals surface area (Å²) in [5.74, 6) is 0.0245. The van der Waals surface area contributed by atoms with Crippen molar-refractivity contribution in [2.75, 3.05) is 42.9 Å². The largest absolute Gasteiger partial charge is 0.379 e. The van der Waals surface area contributed by atoms with Gasteiger partial charge in [0, 0.05) is 50.9 Å². The molecule has 3 rings (SSSR count). The molecule has 0 atom stereocenters. The lowest BCUT2D eigenvalue weighted by Crippen LogP contribution is -2.49. The molecular weight excluding hydrogens is 358 g/mol. The molecule has 1 fully saturated rings. The number of carbonyl (C=O) groups excluding carboxylic acids is 1. The molecule has 1 aliphatic heterocycles. The molecule has 0 aliphatic carbocycles. The van der Waals surface area contributed by atoms with Gasteiger partial charge in [0.15, 0.2) is 0 Å². The van der Waals surface area contributed by atoms with E-state index in [-0.39, 0.29) is 23.6 Å². The molecule has 0 saturated carbocycles. The summed E-state index contributed by atoms with van der Waals surface area (Å²) in [7, 11) is 0. The van der Waals surface area contributed by atoms with Crippen molar-refractivity contribution in [1.29, 1.82) is 5.26 Å². The Morgan fingerprint density at radius 2 is 1.86 bits per heavy atom. The van der Waals surface area contributed by atoms with Gasteiger partial charge >= 0.3 is 0 Å². The van der Waals surface area contributed by atoms with Crippen LogP contribution in [-0.4, -0.2) is 48.5 Å². The second kappa shape index (κ2) is 8.86. The van der Waals surface area contributed by atoms with Crippen LogP contribution in [0.4, 0.5) is 17.1 Å². The van der Waals surface area contributed by atoms with E-state index >= 15 is 0 Å². The molecule has 2 aromatic rings. The third-order valence-electron chi connectivity index (χ3n) is 4.73. The predicted molar refractivity (Wildman–Crippen MR) is 106 cm³/mol. The van der Waals surface area contributed by atoms with Crippen molar-refractivity contribution in [3.63, 3.8) is 0 Å². The zero-order chi connectivity index (χ0) is 19.9. The Balaban J connectivity index is 1.49. The molecule has 1 N–H and O–H groups in total. The van der Waals surface area contributed by atoms with Crippen LogP contribution >= 0.6 is 0 Å². The van der Waals surface area contributed by atoms with Crippen molar-refractivity contribution in [2.45, 2.75) is 6.42 Å². The number of nitriles is 1. The first-order chi connectivity index (χ1) is 13.6. The molecule has 144 valence electrons. The van der Waals surface area contributed by atoms with Gasteiger partial charge < -0.3 is 15.1 Å². The summed E-state index contributed by atoms with van der Waals surface area (Å²) in [5.41, 5.74) is 1.53. The molecule has 0 unspecified atom stereocenters. The Kier molecular flexibility index (Phi) is 6.07. The fraction of sp³-hybridized carbons (Fsp3) is 0.300. The number of piperazine rings is 1. The number of hydrogen-bond donors (Lipinski definition) is 1. The number of nitro groups is 1. The molecule has 28 heavy (non-hydrogen) atoms. The molecule has 8 heteroatoms. The number of carbonyl (C=O) groups is 1. The van der Waals surface area contributed by atoms with Gasteiger partial charge in [-0.25, -0.2) is 0 Å². The SMILES string of the molecule is N#Cc1ccc(NCCC(=O)N2CCN(c3ccccc3)CC2)c([N+](=O)[O-])c1. The molecule has 0 radical (unpaired) electrons. The van der Waals surface area contributed by atoms with Crippen LogP contribution in [0.3, 0.4) is 0 Å². The fourth-order valence-corrected chi connectivity index (χ4v) is 3.22. The van der Waals surface area contributed by atoms with Gasteiger partial charge in [0.1, 0.15) is 5.69 Å². The van der Waals surface area contributed by atoms with E-state index in [0.29, 0.717) is 25.3 Å². The highest BCUT2D eigenvalue weighted by Crippen LogP contribution is 2.25. The van der Waals surface area contributed by atoms with Crippen LogP contribution in [0, 0.1) is 21.4 Å². The van der Waals surface area contributed by atoms with E-state index in [0.717, 1.165) is 18.8 Å². The van der Waals surface area contributed by atoms with Gasteiger partial charge in [-0.1, -0.05) is 18.2 Å². The third kappa shape index (κ3) is 4.57. The molecule has 8 nitrogen and oxygen atoms in total. The van der Waals surface area contributed by atoms with E-state index in [9.17, 15) is 14.9 Å². The van der Waals surface area contributed by atoms with Gasteiger partial charge in [-0.15, -0.1) is 0 Å². The Bertz CT molecular complexity index is 886. The molecular formula is C20H21N5O3. The van der Waals surface area contributed by atoms with Crippen molar-refractivity contribution in [3.05, 3.63) is 64.2 Å². The van der Waals surface area contributed by atoms with E-state index in [1.807, 2.05) is 29.2 Å². The number of para-hydroxylation sites is 1. The third-order valence-corrected chi connectivity index (χ3v) is 4.73. The van der Waals surface area contributed by atoms with Gasteiger partial charge in [0.05, 0.1) is 16.6 Å². The second-order valence-corrected chi connectivity index (χ2v) is 6.48. The summed E-state index contributed by atoms with van der Waals surface area (Å²) in [5, 5.41) is 23.0. The number of rotatable bonds is 6. The van der Waals surface area contributed by atoms with Gasteiger partial charge in [-0.2, -0.15) is 5.26 Å². The Morgan fingerprint density at radius 3 is 2.50 bits per heavy atom. The van der Waals surface area contributed by atoms with Gasteiger partial charge in [-0.05, 0) is 24.3 Å². The number of nitrogens with zero attached hydrogens (tertiary/aromatic N) is 4. The summed E-state index contributed by atoms with van der Waals surface area (Å²) >= 11 is 0. The van der Waals surface area contributed by atoms with Crippen LogP contribution in [0.2, 0.25) is 0 Å². The maximum atomic E-state index is 12.4. The highest BCUT2D eigenvalue weighted by Gasteiger charge is 2.21. The molecule has 2 aromatic carbocycles.